The third-order valence-corrected chi connectivity index (χ3v) is 30.4. The van der Waals surface area contributed by atoms with Gasteiger partial charge in [0.05, 0.1) is 66.2 Å². The largest absolute Gasteiger partial charge is 0.307 e. The Hall–Kier alpha value is -19.4. The van der Waals surface area contributed by atoms with Crippen molar-refractivity contribution in [3.8, 4) is 89.8 Å². The second-order valence-corrected chi connectivity index (χ2v) is 38.4. The number of para-hydroxylation sites is 9. The number of benzene rings is 25. The van der Waals surface area contributed by atoms with Crippen molar-refractivity contribution < 1.29 is 0 Å². The van der Waals surface area contributed by atoms with Crippen LogP contribution in [0.25, 0.3) is 274 Å². The predicted molar refractivity (Wildman–Crippen MR) is 620 cm³/mol. The van der Waals surface area contributed by atoms with Crippen LogP contribution < -0.4 is 0 Å². The zero-order chi connectivity index (χ0) is 96.0. The van der Waals surface area contributed by atoms with Crippen molar-refractivity contribution >= 4 is 185 Å². The van der Waals surface area contributed by atoms with Gasteiger partial charge in [0.25, 0.3) is 0 Å². The molecule has 0 unspecified atom stereocenters. The van der Waals surface area contributed by atoms with Gasteiger partial charge in [0.15, 0.2) is 0 Å². The quantitative estimate of drug-likeness (QED) is 0.116. The summed E-state index contributed by atoms with van der Waals surface area (Å²) in [5.41, 5.74) is 33.6. The van der Waals surface area contributed by atoms with E-state index in [0.717, 1.165) is 34.1 Å². The third kappa shape index (κ3) is 13.5. The van der Waals surface area contributed by atoms with Crippen LogP contribution in [-0.2, 0) is 0 Å². The van der Waals surface area contributed by atoms with Crippen molar-refractivity contribution in [3.05, 3.63) is 546 Å². The molecule has 0 atom stereocenters. The van der Waals surface area contributed by atoms with E-state index in [1.807, 2.05) is 0 Å². The molecule has 6 heterocycles. The average molecular weight is 1860 g/mol. The lowest BCUT2D eigenvalue weighted by molar-refractivity contribution is 1.15. The van der Waals surface area contributed by atoms with Crippen LogP contribution in [0, 0.1) is 0 Å². The molecule has 0 radical (unpaired) electrons. The molecule has 25 aromatic carbocycles. The van der Waals surface area contributed by atoms with Crippen molar-refractivity contribution in [1.29, 1.82) is 0 Å². The molecule has 6 nitrogen and oxygen atoms in total. The Balaban J connectivity index is 0.000000104. The van der Waals surface area contributed by atoms with Crippen LogP contribution in [0.4, 0.5) is 0 Å². The van der Waals surface area contributed by atoms with Gasteiger partial charge in [-0.25, -0.2) is 0 Å². The topological polar surface area (TPSA) is 29.6 Å². The molecule has 0 bridgehead atoms. The first kappa shape index (κ1) is 83.6. The zero-order valence-corrected chi connectivity index (χ0v) is 79.6. The average Bonchev–Trinajstić information content (AvgIpc) is 1.55. The first-order valence-corrected chi connectivity index (χ1v) is 50.3. The summed E-state index contributed by atoms with van der Waals surface area (Å²) in [7, 11) is 0. The molecule has 0 aliphatic rings. The van der Waals surface area contributed by atoms with Gasteiger partial charge >= 0.3 is 0 Å². The Labute approximate surface area is 841 Å². The van der Waals surface area contributed by atoms with E-state index < -0.39 is 0 Å². The lowest BCUT2D eigenvalue weighted by Gasteiger charge is -2.14. The van der Waals surface area contributed by atoms with Crippen LogP contribution in [0.5, 0.6) is 0 Å². The van der Waals surface area contributed by atoms with Gasteiger partial charge in [-0.2, -0.15) is 0 Å². The van der Waals surface area contributed by atoms with E-state index in [-0.39, 0.29) is 0 Å². The SMILES string of the molecule is c1ccc(-n2c3ccccc3c3ccc4c5ccccc5n(-c5cccc(-c6ccc7c8ccccc8c8ccccc8c7c6)c5)c4c32)cc1.c1ccc(-n2c3ccccc3c3ccc4c5ccccc5n(-c5cccc(-c6cccc(-c7ccc8ccccc8c7)c6)c5)c4c32)cc1.c1ccc(-n2c3ccccc3c3ccc4c5ccccc5n(-c5cccc(-c6cccc(-c7cccc8ccccc78)c6)c5)c4c32)cc1. The molecule has 0 saturated carbocycles. The number of aromatic nitrogens is 6. The van der Waals surface area contributed by atoms with Gasteiger partial charge in [-0.1, -0.05) is 413 Å². The fourth-order valence-corrected chi connectivity index (χ4v) is 24.0. The van der Waals surface area contributed by atoms with Crippen molar-refractivity contribution in [2.24, 2.45) is 0 Å². The van der Waals surface area contributed by atoms with Crippen LogP contribution in [0.1, 0.15) is 0 Å². The maximum absolute atomic E-state index is 2.48. The molecule has 6 heteroatoms. The van der Waals surface area contributed by atoms with Crippen LogP contribution in [0.15, 0.2) is 546 Å². The Kier molecular flexibility index (Phi) is 19.6. The maximum Gasteiger partial charge on any atom is 0.0788 e. The molecule has 680 valence electrons. The minimum Gasteiger partial charge on any atom is -0.307 e. The van der Waals surface area contributed by atoms with E-state index in [4.69, 9.17) is 0 Å². The van der Waals surface area contributed by atoms with Crippen molar-refractivity contribution in [3.63, 3.8) is 0 Å². The molecule has 0 N–H and O–H groups in total. The van der Waals surface area contributed by atoms with Gasteiger partial charge < -0.3 is 27.4 Å². The molecule has 0 aliphatic carbocycles. The minimum atomic E-state index is 1.15. The number of hydrogen-bond donors (Lipinski definition) is 0. The Morgan fingerprint density at radius 1 is 0.0959 bits per heavy atom. The predicted octanol–water partition coefficient (Wildman–Crippen LogP) is 37.7. The highest BCUT2D eigenvalue weighted by Crippen LogP contribution is 2.49. The third-order valence-electron chi connectivity index (χ3n) is 30.4. The van der Waals surface area contributed by atoms with E-state index in [9.17, 15) is 0 Å². The van der Waals surface area contributed by atoms with Gasteiger partial charge in [0, 0.05) is 98.8 Å². The van der Waals surface area contributed by atoms with Crippen LogP contribution in [0.2, 0.25) is 0 Å². The molecule has 31 aromatic rings. The van der Waals surface area contributed by atoms with Crippen LogP contribution in [-0.4, -0.2) is 27.4 Å². The molecular formula is C140H90N6. The second kappa shape index (κ2) is 34.3. The zero-order valence-electron chi connectivity index (χ0n) is 79.6. The van der Waals surface area contributed by atoms with Crippen LogP contribution in [0.3, 0.4) is 0 Å². The molecule has 0 saturated heterocycles. The summed E-state index contributed by atoms with van der Waals surface area (Å²) < 4.78 is 14.8. The van der Waals surface area contributed by atoms with Crippen molar-refractivity contribution in [2.45, 2.75) is 0 Å². The first-order valence-electron chi connectivity index (χ1n) is 50.3. The summed E-state index contributed by atoms with van der Waals surface area (Å²) in [6.45, 7) is 0. The molecule has 31 rings (SSSR count). The highest BCUT2D eigenvalue weighted by molar-refractivity contribution is 6.29. The fraction of sp³-hybridized carbons (Fsp3) is 0. The second-order valence-electron chi connectivity index (χ2n) is 38.4. The van der Waals surface area contributed by atoms with Crippen molar-refractivity contribution in [1.82, 2.24) is 27.4 Å². The summed E-state index contributed by atoms with van der Waals surface area (Å²) in [4.78, 5) is 0. The molecule has 146 heavy (non-hydrogen) atoms. The Bertz CT molecular complexity index is 10700. The van der Waals surface area contributed by atoms with Gasteiger partial charge in [0.2, 0.25) is 0 Å². The highest BCUT2D eigenvalue weighted by atomic mass is 15.1. The van der Waals surface area contributed by atoms with Gasteiger partial charge in [-0.3, -0.25) is 0 Å². The standard InChI is InChI=1S/C48H30N2.2C46H30N2/c1-2-14-33(15-3-1)49-45-23-10-8-21-40(45)42-27-28-43-41-22-9-11-24-46(41)50(48(43)47(42)49)34-16-12-13-31(29-34)32-25-26-39-37-19-5-4-17-35(37)36-18-6-7-20-38(36)44(39)30-32;1-2-18-35(19-3-1)47-43-25-8-6-22-39(43)41-27-28-42-40-23-7-9-26-44(40)48(46(42)45(41)47)36-20-11-16-33(30-36)32-15-10-17-34(29-32)38-24-12-14-31-13-4-5-21-37(31)38;1-2-17-37(18-3-1)47-43-22-8-6-20-39(43)41-26-27-42-40-21-7-9-23-44(40)48(46(42)45(41)47)38-19-11-16-35(30-38)33-14-10-15-34(29-33)36-25-24-31-12-4-5-13-32(31)28-36/h1-30H;2*1-30H. The highest BCUT2D eigenvalue weighted by Gasteiger charge is 2.28. The Morgan fingerprint density at radius 2 is 0.315 bits per heavy atom. The molecule has 0 fully saturated rings. The van der Waals surface area contributed by atoms with E-state index in [2.05, 4.69) is 573 Å². The summed E-state index contributed by atoms with van der Waals surface area (Å²) in [5.74, 6) is 0. The lowest BCUT2D eigenvalue weighted by Crippen LogP contribution is -1.98. The fourth-order valence-electron chi connectivity index (χ4n) is 24.0. The van der Waals surface area contributed by atoms with Gasteiger partial charge in [0.1, 0.15) is 0 Å². The van der Waals surface area contributed by atoms with Gasteiger partial charge in [-0.05, 0) is 243 Å². The summed E-state index contributed by atoms with van der Waals surface area (Å²) in [6.07, 6.45) is 0. The summed E-state index contributed by atoms with van der Waals surface area (Å²) >= 11 is 0. The minimum absolute atomic E-state index is 1.15. The van der Waals surface area contributed by atoms with Crippen molar-refractivity contribution in [2.75, 3.05) is 0 Å². The maximum atomic E-state index is 2.48. The number of nitrogens with zero attached hydrogens (tertiary/aromatic N) is 6. The van der Waals surface area contributed by atoms with Gasteiger partial charge in [-0.15, -0.1) is 0 Å². The smallest absolute Gasteiger partial charge is 0.0788 e. The van der Waals surface area contributed by atoms with Crippen LogP contribution >= 0.6 is 0 Å². The summed E-state index contributed by atoms with van der Waals surface area (Å²) in [5, 5.41) is 27.9. The number of rotatable bonds is 11. The van der Waals surface area contributed by atoms with E-state index in [0.29, 0.717) is 0 Å². The normalized spacial score (nSPS) is 11.8. The lowest BCUT2D eigenvalue weighted by atomic mass is 9.92. The molecule has 0 spiro atoms. The van der Waals surface area contributed by atoms with E-state index in [1.54, 1.807) is 0 Å². The monoisotopic (exact) mass is 1850 g/mol. The first-order chi connectivity index (χ1) is 72.5. The molecule has 6 aromatic heterocycles. The van der Waals surface area contributed by atoms with E-state index >= 15 is 0 Å². The van der Waals surface area contributed by atoms with E-state index in [1.165, 1.54) is 240 Å². The molecule has 0 amide bonds. The molecule has 0 aliphatic heterocycles. The number of hydrogen-bond acceptors (Lipinski definition) is 0. The Morgan fingerprint density at radius 3 is 0.678 bits per heavy atom. The number of fused-ring (bicyclic) bond motifs is 29. The molecular weight excluding hydrogens is 1770 g/mol. The summed E-state index contributed by atoms with van der Waals surface area (Å²) in [6, 6.07) is 199.